The highest BCUT2D eigenvalue weighted by Gasteiger charge is 2.27. The van der Waals surface area contributed by atoms with Crippen LogP contribution in [0.4, 0.5) is 0 Å². The summed E-state index contributed by atoms with van der Waals surface area (Å²) < 4.78 is 2.85. The van der Waals surface area contributed by atoms with E-state index < -0.39 is 0 Å². The highest BCUT2D eigenvalue weighted by atomic mass is 79.9. The van der Waals surface area contributed by atoms with Crippen LogP contribution < -0.4 is 10.9 Å². The number of hydrogen-bond donors (Lipinski definition) is 1. The lowest BCUT2D eigenvalue weighted by Gasteiger charge is -2.32. The molecule has 0 radical (unpaired) electrons. The van der Waals surface area contributed by atoms with Crippen LogP contribution in [0.3, 0.4) is 0 Å². The average molecular weight is 435 g/mol. The molecule has 1 aliphatic heterocycles. The van der Waals surface area contributed by atoms with Crippen LogP contribution in [0.15, 0.2) is 27.5 Å². The van der Waals surface area contributed by atoms with Gasteiger partial charge >= 0.3 is 0 Å². The fourth-order valence-electron chi connectivity index (χ4n) is 4.06. The minimum Gasteiger partial charge on any atom is -0.315 e. The maximum Gasteiger partial charge on any atom is 0.261 e. The van der Waals surface area contributed by atoms with E-state index in [1.165, 1.54) is 0 Å². The first kappa shape index (κ1) is 20.5. The van der Waals surface area contributed by atoms with Crippen LogP contribution in [0.2, 0.25) is 0 Å². The highest BCUT2D eigenvalue weighted by molar-refractivity contribution is 9.10. The summed E-state index contributed by atoms with van der Waals surface area (Å²) >= 11 is 3.49. The third-order valence-electron chi connectivity index (χ3n) is 5.31. The molecule has 6 heteroatoms. The largest absolute Gasteiger partial charge is 0.315 e. The fourth-order valence-corrected chi connectivity index (χ4v) is 4.42. The lowest BCUT2D eigenvalue weighted by Crippen LogP contribution is -2.38. The normalized spacial score (nSPS) is 19.9. The van der Waals surface area contributed by atoms with Crippen molar-refractivity contribution in [2.45, 2.75) is 52.6 Å². The first-order valence-corrected chi connectivity index (χ1v) is 11.0. The van der Waals surface area contributed by atoms with E-state index in [2.05, 4.69) is 46.9 Å². The molecule has 2 heterocycles. The molecule has 0 spiro atoms. The SMILES string of the molecule is CCC[C@H](c1nc2ccc(Br)cc2c(=O)n1CCC)N1CCNC[C@H](C)C1. The number of aromatic nitrogens is 2. The Balaban J connectivity index is 2.13. The number of nitrogens with one attached hydrogen (secondary N) is 1. The molecule has 0 amide bonds. The third kappa shape index (κ3) is 4.61. The van der Waals surface area contributed by atoms with Crippen molar-refractivity contribution in [2.24, 2.45) is 5.92 Å². The minimum atomic E-state index is 0.0836. The molecule has 0 unspecified atom stereocenters. The molecular formula is C21H31BrN4O. The number of halogens is 1. The van der Waals surface area contributed by atoms with E-state index in [9.17, 15) is 4.79 Å². The second-order valence-electron chi connectivity index (χ2n) is 7.70. The van der Waals surface area contributed by atoms with Crippen LogP contribution in [0.25, 0.3) is 10.9 Å². The molecule has 148 valence electrons. The molecule has 1 N–H and O–H groups in total. The van der Waals surface area contributed by atoms with E-state index in [-0.39, 0.29) is 11.6 Å². The first-order valence-electron chi connectivity index (χ1n) is 10.2. The highest BCUT2D eigenvalue weighted by Crippen LogP contribution is 2.27. The fraction of sp³-hybridized carbons (Fsp3) is 0.619. The quantitative estimate of drug-likeness (QED) is 0.747. The maximum atomic E-state index is 13.3. The topological polar surface area (TPSA) is 50.2 Å². The Morgan fingerprint density at radius 2 is 2.15 bits per heavy atom. The molecule has 2 atom stereocenters. The molecule has 1 saturated heterocycles. The summed E-state index contributed by atoms with van der Waals surface area (Å²) in [7, 11) is 0. The van der Waals surface area contributed by atoms with Crippen LogP contribution in [0, 0.1) is 5.92 Å². The predicted octanol–water partition coefficient (Wildman–Crippen LogP) is 3.95. The Morgan fingerprint density at radius 3 is 2.89 bits per heavy atom. The molecule has 1 aromatic heterocycles. The Hall–Kier alpha value is -1.24. The van der Waals surface area contributed by atoms with Gasteiger partial charge in [-0.25, -0.2) is 4.98 Å². The smallest absolute Gasteiger partial charge is 0.261 e. The van der Waals surface area contributed by atoms with Crippen molar-refractivity contribution in [3.05, 3.63) is 38.9 Å². The third-order valence-corrected chi connectivity index (χ3v) is 5.80. The standard InChI is InChI=1S/C21H31BrN4O/c1-4-6-19(25-11-9-23-13-15(3)14-25)20-24-18-8-7-16(22)12-17(18)21(27)26(20)10-5-2/h7-8,12,15,19,23H,4-6,9-11,13-14H2,1-3H3/t15-,19+/m0/s1. The second kappa shape index (κ2) is 9.30. The van der Waals surface area contributed by atoms with E-state index in [0.717, 1.165) is 61.3 Å². The van der Waals surface area contributed by atoms with E-state index in [1.807, 2.05) is 22.8 Å². The number of rotatable bonds is 6. The Morgan fingerprint density at radius 1 is 1.33 bits per heavy atom. The van der Waals surface area contributed by atoms with Crippen molar-refractivity contribution in [2.75, 3.05) is 26.2 Å². The zero-order valence-electron chi connectivity index (χ0n) is 16.7. The summed E-state index contributed by atoms with van der Waals surface area (Å²) in [5.74, 6) is 1.53. The number of hydrogen-bond acceptors (Lipinski definition) is 4. The average Bonchev–Trinajstić information content (AvgIpc) is 2.87. The van der Waals surface area contributed by atoms with Gasteiger partial charge in [0.25, 0.3) is 5.56 Å². The van der Waals surface area contributed by atoms with E-state index in [0.29, 0.717) is 17.8 Å². The second-order valence-corrected chi connectivity index (χ2v) is 8.61. The number of fused-ring (bicyclic) bond motifs is 1. The van der Waals surface area contributed by atoms with Gasteiger partial charge in [0, 0.05) is 30.7 Å². The Labute approximate surface area is 170 Å². The van der Waals surface area contributed by atoms with E-state index >= 15 is 0 Å². The summed E-state index contributed by atoms with van der Waals surface area (Å²) in [6, 6.07) is 6.00. The van der Waals surface area contributed by atoms with Gasteiger partial charge in [-0.2, -0.15) is 0 Å². The first-order chi connectivity index (χ1) is 13.0. The summed E-state index contributed by atoms with van der Waals surface area (Å²) in [5, 5.41) is 4.22. The molecular weight excluding hydrogens is 404 g/mol. The molecule has 0 aliphatic carbocycles. The molecule has 1 aliphatic rings. The summed E-state index contributed by atoms with van der Waals surface area (Å²) in [4.78, 5) is 20.8. The molecule has 0 saturated carbocycles. The van der Waals surface area contributed by atoms with Crippen LogP contribution in [0.1, 0.15) is 51.9 Å². The Bertz CT molecular complexity index is 835. The van der Waals surface area contributed by atoms with Gasteiger partial charge in [-0.05, 0) is 43.5 Å². The van der Waals surface area contributed by atoms with Crippen LogP contribution in [-0.2, 0) is 6.54 Å². The predicted molar refractivity (Wildman–Crippen MR) is 115 cm³/mol. The van der Waals surface area contributed by atoms with E-state index in [1.54, 1.807) is 0 Å². The lowest BCUT2D eigenvalue weighted by molar-refractivity contribution is 0.168. The molecule has 1 aromatic carbocycles. The van der Waals surface area contributed by atoms with Crippen molar-refractivity contribution in [1.82, 2.24) is 19.8 Å². The van der Waals surface area contributed by atoms with Gasteiger partial charge in [0.1, 0.15) is 5.82 Å². The monoisotopic (exact) mass is 434 g/mol. The molecule has 27 heavy (non-hydrogen) atoms. The van der Waals surface area contributed by atoms with Crippen LogP contribution in [0.5, 0.6) is 0 Å². The molecule has 0 bridgehead atoms. The van der Waals surface area contributed by atoms with Gasteiger partial charge in [0.2, 0.25) is 0 Å². The summed E-state index contributed by atoms with van der Waals surface area (Å²) in [5.41, 5.74) is 0.882. The Kier molecular flexibility index (Phi) is 7.06. The van der Waals surface area contributed by atoms with Crippen molar-refractivity contribution in [3.63, 3.8) is 0 Å². The van der Waals surface area contributed by atoms with Gasteiger partial charge in [-0.1, -0.05) is 43.1 Å². The lowest BCUT2D eigenvalue weighted by atomic mass is 10.1. The van der Waals surface area contributed by atoms with Gasteiger partial charge < -0.3 is 5.32 Å². The van der Waals surface area contributed by atoms with E-state index in [4.69, 9.17) is 4.98 Å². The van der Waals surface area contributed by atoms with Crippen molar-refractivity contribution >= 4 is 26.8 Å². The van der Waals surface area contributed by atoms with Crippen molar-refractivity contribution < 1.29 is 0 Å². The summed E-state index contributed by atoms with van der Waals surface area (Å²) in [6.45, 7) is 11.4. The minimum absolute atomic E-state index is 0.0836. The number of nitrogens with zero attached hydrogens (tertiary/aromatic N) is 3. The van der Waals surface area contributed by atoms with Crippen LogP contribution in [-0.4, -0.2) is 40.6 Å². The van der Waals surface area contributed by atoms with Gasteiger partial charge in [-0.3, -0.25) is 14.3 Å². The maximum absolute atomic E-state index is 13.3. The zero-order valence-corrected chi connectivity index (χ0v) is 18.3. The van der Waals surface area contributed by atoms with Crippen molar-refractivity contribution in [3.8, 4) is 0 Å². The van der Waals surface area contributed by atoms with Gasteiger partial charge in [-0.15, -0.1) is 0 Å². The summed E-state index contributed by atoms with van der Waals surface area (Å²) in [6.07, 6.45) is 3.01. The van der Waals surface area contributed by atoms with Gasteiger partial charge in [0.05, 0.1) is 16.9 Å². The number of benzene rings is 1. The molecule has 5 nitrogen and oxygen atoms in total. The van der Waals surface area contributed by atoms with Gasteiger partial charge in [0.15, 0.2) is 0 Å². The van der Waals surface area contributed by atoms with Crippen LogP contribution >= 0.6 is 15.9 Å². The zero-order chi connectivity index (χ0) is 19.4. The molecule has 1 fully saturated rings. The molecule has 3 rings (SSSR count). The van der Waals surface area contributed by atoms with Crippen molar-refractivity contribution in [1.29, 1.82) is 0 Å². The molecule has 2 aromatic rings.